The molecule has 6 aliphatic rings. The van der Waals surface area contributed by atoms with Crippen molar-refractivity contribution in [2.45, 2.75) is 88.9 Å². The summed E-state index contributed by atoms with van der Waals surface area (Å²) >= 11 is 0. The van der Waals surface area contributed by atoms with Gasteiger partial charge in [-0.05, 0) is 118 Å². The van der Waals surface area contributed by atoms with Crippen molar-refractivity contribution >= 4 is 57.7 Å². The average Bonchev–Trinajstić information content (AvgIpc) is 3.94. The zero-order valence-corrected chi connectivity index (χ0v) is 37.0. The number of carbonyl (C=O) groups excluding carboxylic acids is 4. The van der Waals surface area contributed by atoms with Crippen molar-refractivity contribution in [2.24, 2.45) is 5.41 Å². The molecular weight excluding hydrogens is 839 g/mol. The number of nitrogens with zero attached hydrogens (tertiary/aromatic N) is 9. The Kier molecular flexibility index (Phi) is 10.4. The first-order valence-electron chi connectivity index (χ1n) is 23.2. The molecule has 1 spiro atoms. The van der Waals surface area contributed by atoms with E-state index in [0.29, 0.717) is 70.5 Å². The number of carbonyl (C=O) groups is 4. The van der Waals surface area contributed by atoms with E-state index >= 15 is 0 Å². The third-order valence-corrected chi connectivity index (χ3v) is 15.0. The highest BCUT2D eigenvalue weighted by molar-refractivity contribution is 6.23. The molecule has 66 heavy (non-hydrogen) atoms. The topological polar surface area (TPSA) is 191 Å². The van der Waals surface area contributed by atoms with E-state index in [2.05, 4.69) is 42.5 Å². The number of aromatic nitrogens is 5. The van der Waals surface area contributed by atoms with Gasteiger partial charge in [0.25, 0.3) is 17.4 Å². The van der Waals surface area contributed by atoms with Crippen molar-refractivity contribution in [1.29, 1.82) is 0 Å². The first-order chi connectivity index (χ1) is 31.9. The van der Waals surface area contributed by atoms with Gasteiger partial charge in [0.2, 0.25) is 17.8 Å². The highest BCUT2D eigenvalue weighted by Gasteiger charge is 2.46. The van der Waals surface area contributed by atoms with E-state index in [-0.39, 0.29) is 24.3 Å². The molecule has 2 unspecified atom stereocenters. The molecule has 5 aliphatic heterocycles. The summed E-state index contributed by atoms with van der Waals surface area (Å²) < 4.78 is 3.32. The lowest BCUT2D eigenvalue weighted by Crippen LogP contribution is -2.54. The average molecular weight is 892 g/mol. The van der Waals surface area contributed by atoms with Crippen molar-refractivity contribution in [1.82, 2.24) is 39.4 Å². The number of hydrogen-bond donors (Lipinski definition) is 3. The number of rotatable bonds is 6. The van der Waals surface area contributed by atoms with Crippen LogP contribution in [0.4, 0.5) is 23.0 Å². The van der Waals surface area contributed by atoms with Gasteiger partial charge < -0.3 is 20.2 Å². The van der Waals surface area contributed by atoms with Gasteiger partial charge in [-0.2, -0.15) is 4.98 Å². The van der Waals surface area contributed by atoms with Crippen LogP contribution in [0.2, 0.25) is 0 Å². The smallest absolute Gasteiger partial charge is 0.278 e. The minimum Gasteiger partial charge on any atom is -0.384 e. The van der Waals surface area contributed by atoms with Gasteiger partial charge in [0.1, 0.15) is 17.0 Å². The van der Waals surface area contributed by atoms with E-state index in [9.17, 15) is 29.1 Å². The third-order valence-electron chi connectivity index (χ3n) is 15.0. The number of pyridine rings is 1. The largest absolute Gasteiger partial charge is 0.384 e. The molecule has 0 radical (unpaired) electrons. The second-order valence-corrected chi connectivity index (χ2v) is 19.1. The first kappa shape index (κ1) is 41.9. The Balaban J connectivity index is 0.696. The number of hydrogen-bond acceptors (Lipinski definition) is 13. The maximum Gasteiger partial charge on any atom is 0.278 e. The van der Waals surface area contributed by atoms with E-state index in [1.165, 1.54) is 19.3 Å². The molecule has 4 amide bonds. The van der Waals surface area contributed by atoms with Crippen LogP contribution in [-0.4, -0.2) is 114 Å². The Hall–Kier alpha value is -6.72. The van der Waals surface area contributed by atoms with Crippen molar-refractivity contribution < 1.29 is 24.3 Å². The molecule has 3 N–H and O–H groups in total. The van der Waals surface area contributed by atoms with Crippen molar-refractivity contribution in [3.8, 4) is 5.82 Å². The fraction of sp³-hybridized carbons (Fsp3) is 0.429. The van der Waals surface area contributed by atoms with Crippen molar-refractivity contribution in [3.63, 3.8) is 0 Å². The molecule has 2 aromatic carbocycles. The number of fused-ring (bicyclic) bond motifs is 7. The third kappa shape index (κ3) is 7.43. The Morgan fingerprint density at radius 1 is 0.788 bits per heavy atom. The zero-order chi connectivity index (χ0) is 45.3. The van der Waals surface area contributed by atoms with Gasteiger partial charge in [-0.1, -0.05) is 18.2 Å². The lowest BCUT2D eigenvalue weighted by atomic mass is 9.76. The summed E-state index contributed by atoms with van der Waals surface area (Å²) in [5, 5.41) is 17.2. The van der Waals surface area contributed by atoms with Gasteiger partial charge in [0, 0.05) is 75.0 Å². The number of imide groups is 2. The normalized spacial score (nSPS) is 24.9. The van der Waals surface area contributed by atoms with Crippen LogP contribution in [0, 0.1) is 5.41 Å². The maximum absolute atomic E-state index is 13.6. The number of allylic oxidation sites excluding steroid dienone is 2. The number of amides is 4. The van der Waals surface area contributed by atoms with Gasteiger partial charge in [0.05, 0.1) is 23.4 Å². The first-order valence-corrected chi connectivity index (χ1v) is 23.2. The summed E-state index contributed by atoms with van der Waals surface area (Å²) in [5.41, 5.74) is 3.46. The number of aliphatic hydroxyl groups is 1. The van der Waals surface area contributed by atoms with Crippen LogP contribution >= 0.6 is 0 Å². The second kappa shape index (κ2) is 16.3. The molecule has 17 heteroatoms. The predicted octanol–water partition coefficient (Wildman–Crippen LogP) is 4.64. The highest BCUT2D eigenvalue weighted by Crippen LogP contribution is 2.49. The van der Waals surface area contributed by atoms with Gasteiger partial charge in [-0.15, -0.1) is 0 Å². The van der Waals surface area contributed by atoms with E-state index in [1.54, 1.807) is 28.6 Å². The van der Waals surface area contributed by atoms with Crippen LogP contribution in [0.15, 0.2) is 83.8 Å². The van der Waals surface area contributed by atoms with E-state index in [0.717, 1.165) is 74.1 Å². The second-order valence-electron chi connectivity index (χ2n) is 19.1. The molecule has 11 rings (SSSR count). The molecule has 8 heterocycles. The van der Waals surface area contributed by atoms with Crippen LogP contribution in [0.3, 0.4) is 0 Å². The molecule has 340 valence electrons. The molecular formula is C49H53N11O6. The van der Waals surface area contributed by atoms with E-state index in [4.69, 9.17) is 9.97 Å². The van der Waals surface area contributed by atoms with Gasteiger partial charge in [-0.3, -0.25) is 39.1 Å². The van der Waals surface area contributed by atoms with Gasteiger partial charge in [0.15, 0.2) is 11.5 Å². The summed E-state index contributed by atoms with van der Waals surface area (Å²) in [4.78, 5) is 87.1. The molecule has 1 saturated carbocycles. The maximum atomic E-state index is 13.6. The molecule has 4 fully saturated rings. The molecule has 17 nitrogen and oxygen atoms in total. The molecule has 1 aliphatic carbocycles. The van der Waals surface area contributed by atoms with Crippen LogP contribution < -0.4 is 26.0 Å². The quantitative estimate of drug-likeness (QED) is 0.158. The molecule has 3 aromatic heterocycles. The number of benzene rings is 2. The van der Waals surface area contributed by atoms with Crippen LogP contribution in [0.1, 0.15) is 91.1 Å². The number of anilines is 4. The molecule has 3 atom stereocenters. The van der Waals surface area contributed by atoms with Crippen LogP contribution in [0.25, 0.3) is 16.9 Å². The summed E-state index contributed by atoms with van der Waals surface area (Å²) in [6.07, 6.45) is 12.6. The van der Waals surface area contributed by atoms with Crippen molar-refractivity contribution in [2.75, 3.05) is 54.4 Å². The SMILES string of the molecule is C[C@@]1(O)CC/C=C\Cn2c(=O)c3cnc(Nc4ccc(N5CCN(C6CCC7(CCN(c8ccc9c(c8)C(=O)N(C8CCC(=O)NC8=O)C9=O)CC7)C6)CC5)cc4)nc3n2-c2cccc1n2. The molecule has 3 saturated heterocycles. The van der Waals surface area contributed by atoms with Crippen molar-refractivity contribution in [3.05, 3.63) is 106 Å². The number of piperazine rings is 1. The Labute approximate surface area is 381 Å². The summed E-state index contributed by atoms with van der Waals surface area (Å²) in [6, 6.07) is 18.8. The molecule has 2 bridgehead atoms. The number of piperidine rings is 2. The lowest BCUT2D eigenvalue weighted by molar-refractivity contribution is -0.136. The fourth-order valence-electron chi connectivity index (χ4n) is 11.2. The summed E-state index contributed by atoms with van der Waals surface area (Å²) in [6.45, 7) is 7.75. The Bertz CT molecular complexity index is 2870. The van der Waals surface area contributed by atoms with E-state index < -0.39 is 29.4 Å². The summed E-state index contributed by atoms with van der Waals surface area (Å²) in [5.74, 6) is -1.08. The lowest BCUT2D eigenvalue weighted by Gasteiger charge is -2.42. The fourth-order valence-corrected chi connectivity index (χ4v) is 11.2. The Morgan fingerprint density at radius 3 is 2.33 bits per heavy atom. The van der Waals surface area contributed by atoms with Gasteiger partial charge >= 0.3 is 0 Å². The van der Waals surface area contributed by atoms with E-state index in [1.807, 2.05) is 54.6 Å². The zero-order valence-electron chi connectivity index (χ0n) is 37.0. The van der Waals surface area contributed by atoms with Crippen LogP contribution in [0.5, 0.6) is 0 Å². The van der Waals surface area contributed by atoms with Crippen LogP contribution in [-0.2, 0) is 21.7 Å². The summed E-state index contributed by atoms with van der Waals surface area (Å²) in [7, 11) is 0. The molecule has 5 aromatic rings. The monoisotopic (exact) mass is 891 g/mol. The Morgan fingerprint density at radius 2 is 1.55 bits per heavy atom. The predicted molar refractivity (Wildman–Crippen MR) is 247 cm³/mol. The highest BCUT2D eigenvalue weighted by atomic mass is 16.3. The minimum absolute atomic E-state index is 0.0952. The minimum atomic E-state index is -1.13. The number of nitrogens with one attached hydrogen (secondary N) is 2. The van der Waals surface area contributed by atoms with Gasteiger partial charge in [-0.25, -0.2) is 19.3 Å². The standard InChI is InChI=1S/C49H53N11O6/c1-48(66)17-3-2-4-21-58-44(63)37-30-50-47(54-42(37)60(58)40-7-5-6-39(48)52-40)51-31-8-10-32(11-9-31)56-24-26-57(27-25-56)34-16-18-49(29-34)19-22-55(23-20-49)33-12-13-35-36(28-33)46(65)59(45(35)64)38-14-15-41(61)53-43(38)62/h2,4-13,28,30,34,38,66H,3,14-27,29H2,1H3,(H,50,51,54)(H,53,61,62)/b4-2-/t34?,38?,48-/m1/s1.